The van der Waals surface area contributed by atoms with E-state index in [1.807, 2.05) is 16.7 Å². The van der Waals surface area contributed by atoms with Crippen LogP contribution in [-0.4, -0.2) is 26.1 Å². The molecule has 1 fully saturated rings. The van der Waals surface area contributed by atoms with Crippen LogP contribution in [0.4, 0.5) is 5.69 Å². The molecule has 2 aromatic rings. The fourth-order valence-corrected chi connectivity index (χ4v) is 2.40. The maximum absolute atomic E-state index is 8.88. The molecule has 0 unspecified atom stereocenters. The average molecular weight is 288 g/mol. The standard InChI is InChI=1S/C14H20N6O/c15-11(8-21)5-20(17)7-12-6-19-4-10(9-1-2-9)3-13(16)14(19)18-12/h3-6,9,21H,1-2,7-8,15-17H2/b11-5-. The van der Waals surface area contributed by atoms with E-state index in [0.717, 1.165) is 11.3 Å². The maximum Gasteiger partial charge on any atom is 0.160 e. The molecule has 21 heavy (non-hydrogen) atoms. The smallest absolute Gasteiger partial charge is 0.160 e. The molecule has 2 aromatic heterocycles. The van der Waals surface area contributed by atoms with Crippen molar-refractivity contribution in [2.24, 2.45) is 11.6 Å². The summed E-state index contributed by atoms with van der Waals surface area (Å²) in [5.41, 5.74) is 15.4. The zero-order chi connectivity index (χ0) is 15.0. The summed E-state index contributed by atoms with van der Waals surface area (Å²) >= 11 is 0. The van der Waals surface area contributed by atoms with Gasteiger partial charge in [-0.25, -0.2) is 10.8 Å². The number of anilines is 1. The van der Waals surface area contributed by atoms with Crippen molar-refractivity contribution in [2.45, 2.75) is 25.3 Å². The lowest BCUT2D eigenvalue weighted by atomic mass is 10.2. The van der Waals surface area contributed by atoms with E-state index in [2.05, 4.69) is 11.2 Å². The molecule has 0 aromatic carbocycles. The average Bonchev–Trinajstić information content (AvgIpc) is 3.20. The third kappa shape index (κ3) is 2.93. The van der Waals surface area contributed by atoms with Crippen LogP contribution in [0.5, 0.6) is 0 Å². The van der Waals surface area contributed by atoms with Crippen LogP contribution >= 0.6 is 0 Å². The first kappa shape index (κ1) is 13.7. The lowest BCUT2D eigenvalue weighted by Gasteiger charge is -2.12. The maximum atomic E-state index is 8.88. The van der Waals surface area contributed by atoms with E-state index in [-0.39, 0.29) is 6.61 Å². The number of hydrogen-bond donors (Lipinski definition) is 4. The van der Waals surface area contributed by atoms with E-state index in [9.17, 15) is 0 Å². The van der Waals surface area contributed by atoms with Crippen LogP contribution < -0.4 is 17.3 Å². The van der Waals surface area contributed by atoms with Gasteiger partial charge < -0.3 is 26.0 Å². The Morgan fingerprint density at radius 1 is 1.48 bits per heavy atom. The Morgan fingerprint density at radius 2 is 2.24 bits per heavy atom. The summed E-state index contributed by atoms with van der Waals surface area (Å²) in [5, 5.41) is 10.3. The van der Waals surface area contributed by atoms with Crippen molar-refractivity contribution < 1.29 is 5.11 Å². The highest BCUT2D eigenvalue weighted by atomic mass is 16.3. The number of nitrogens with zero attached hydrogens (tertiary/aromatic N) is 3. The Labute approximate surface area is 122 Å². The third-order valence-electron chi connectivity index (χ3n) is 3.56. The van der Waals surface area contributed by atoms with Crippen molar-refractivity contribution >= 4 is 11.3 Å². The number of aliphatic hydroxyl groups is 1. The van der Waals surface area contributed by atoms with Crippen molar-refractivity contribution in [3.63, 3.8) is 0 Å². The highest BCUT2D eigenvalue weighted by molar-refractivity contribution is 5.66. The summed E-state index contributed by atoms with van der Waals surface area (Å²) in [4.78, 5) is 4.49. The second-order valence-electron chi connectivity index (χ2n) is 5.50. The molecule has 0 aliphatic heterocycles. The normalized spacial score (nSPS) is 15.6. The molecule has 7 nitrogen and oxygen atoms in total. The zero-order valence-corrected chi connectivity index (χ0v) is 11.7. The summed E-state index contributed by atoms with van der Waals surface area (Å²) in [6.45, 7) is 0.164. The number of fused-ring (bicyclic) bond motifs is 1. The number of imidazole rings is 1. The van der Waals surface area contributed by atoms with Gasteiger partial charge in [-0.2, -0.15) is 0 Å². The molecule has 112 valence electrons. The number of rotatable bonds is 5. The summed E-state index contributed by atoms with van der Waals surface area (Å²) < 4.78 is 1.95. The highest BCUT2D eigenvalue weighted by Gasteiger charge is 2.24. The van der Waals surface area contributed by atoms with Gasteiger partial charge in [-0.05, 0) is 30.4 Å². The number of nitrogens with two attached hydrogens (primary N) is 3. The molecule has 0 saturated heterocycles. The van der Waals surface area contributed by atoms with E-state index in [4.69, 9.17) is 22.4 Å². The third-order valence-corrected chi connectivity index (χ3v) is 3.56. The Balaban J connectivity index is 1.85. The van der Waals surface area contributed by atoms with Gasteiger partial charge in [-0.1, -0.05) is 0 Å². The van der Waals surface area contributed by atoms with Crippen LogP contribution in [0, 0.1) is 0 Å². The first-order chi connectivity index (χ1) is 10.1. The molecule has 0 bridgehead atoms. The molecule has 2 heterocycles. The fraction of sp³-hybridized carbons (Fsp3) is 0.357. The molecule has 7 N–H and O–H groups in total. The number of hydrogen-bond acceptors (Lipinski definition) is 6. The van der Waals surface area contributed by atoms with Gasteiger partial charge in [0.2, 0.25) is 0 Å². The SMILES string of the molecule is N/C(=C\N(N)Cc1cn2cc(C3CC3)cc(N)c2n1)CO. The van der Waals surface area contributed by atoms with Crippen LogP contribution in [0.1, 0.15) is 30.0 Å². The molecule has 0 atom stereocenters. The number of pyridine rings is 1. The van der Waals surface area contributed by atoms with Crippen LogP contribution in [0.2, 0.25) is 0 Å². The summed E-state index contributed by atoms with van der Waals surface area (Å²) in [7, 11) is 0. The molecule has 3 rings (SSSR count). The Bertz CT molecular complexity index is 688. The quantitative estimate of drug-likeness (QED) is 0.463. The minimum absolute atomic E-state index is 0.226. The number of nitrogen functional groups attached to an aromatic ring is 1. The molecule has 1 aliphatic rings. The van der Waals surface area contributed by atoms with Crippen LogP contribution in [0.15, 0.2) is 30.4 Å². The Kier molecular flexibility index (Phi) is 3.44. The van der Waals surface area contributed by atoms with Gasteiger partial charge in [-0.15, -0.1) is 0 Å². The number of aliphatic hydroxyl groups excluding tert-OH is 1. The molecule has 0 spiro atoms. The summed E-state index contributed by atoms with van der Waals surface area (Å²) in [6, 6.07) is 2.01. The van der Waals surface area contributed by atoms with E-state index >= 15 is 0 Å². The topological polar surface area (TPSA) is 119 Å². The molecule has 7 heteroatoms. The molecule has 1 saturated carbocycles. The molecular formula is C14H20N6O. The van der Waals surface area contributed by atoms with Gasteiger partial charge in [0.1, 0.15) is 0 Å². The summed E-state index contributed by atoms with van der Waals surface area (Å²) in [6.07, 6.45) is 7.95. The molecular weight excluding hydrogens is 268 g/mol. The number of aromatic nitrogens is 2. The lowest BCUT2D eigenvalue weighted by Crippen LogP contribution is -2.26. The second kappa shape index (κ2) is 5.27. The minimum Gasteiger partial charge on any atom is -0.399 e. The van der Waals surface area contributed by atoms with Gasteiger partial charge >= 0.3 is 0 Å². The zero-order valence-electron chi connectivity index (χ0n) is 11.7. The summed E-state index contributed by atoms with van der Waals surface area (Å²) in [5.74, 6) is 6.46. The largest absolute Gasteiger partial charge is 0.399 e. The first-order valence-corrected chi connectivity index (χ1v) is 6.92. The van der Waals surface area contributed by atoms with Gasteiger partial charge in [0, 0.05) is 18.6 Å². The van der Waals surface area contributed by atoms with Crippen molar-refractivity contribution in [2.75, 3.05) is 12.3 Å². The van der Waals surface area contributed by atoms with Gasteiger partial charge in [0.15, 0.2) is 5.65 Å². The van der Waals surface area contributed by atoms with Crippen molar-refractivity contribution in [3.8, 4) is 0 Å². The van der Waals surface area contributed by atoms with E-state index in [0.29, 0.717) is 23.8 Å². The molecule has 1 aliphatic carbocycles. The van der Waals surface area contributed by atoms with Gasteiger partial charge in [0.05, 0.1) is 30.2 Å². The fourth-order valence-electron chi connectivity index (χ4n) is 2.40. The van der Waals surface area contributed by atoms with Crippen molar-refractivity contribution in [3.05, 3.63) is 41.6 Å². The minimum atomic E-state index is -0.226. The van der Waals surface area contributed by atoms with E-state index < -0.39 is 0 Å². The van der Waals surface area contributed by atoms with Crippen LogP contribution in [0.3, 0.4) is 0 Å². The first-order valence-electron chi connectivity index (χ1n) is 6.92. The Morgan fingerprint density at radius 3 is 2.90 bits per heavy atom. The van der Waals surface area contributed by atoms with E-state index in [1.54, 1.807) is 0 Å². The van der Waals surface area contributed by atoms with Crippen molar-refractivity contribution in [1.29, 1.82) is 0 Å². The highest BCUT2D eigenvalue weighted by Crippen LogP contribution is 2.40. The predicted octanol–water partition coefficient (Wildman–Crippen LogP) is 0.262. The van der Waals surface area contributed by atoms with Crippen LogP contribution in [0.25, 0.3) is 5.65 Å². The number of hydrazine groups is 1. The predicted molar refractivity (Wildman–Crippen MR) is 80.7 cm³/mol. The van der Waals surface area contributed by atoms with E-state index in [1.165, 1.54) is 29.6 Å². The molecule has 0 amide bonds. The van der Waals surface area contributed by atoms with Crippen LogP contribution in [-0.2, 0) is 6.54 Å². The van der Waals surface area contributed by atoms with Crippen molar-refractivity contribution in [1.82, 2.24) is 14.4 Å². The monoisotopic (exact) mass is 288 g/mol. The second-order valence-corrected chi connectivity index (χ2v) is 5.50. The van der Waals surface area contributed by atoms with Gasteiger partial charge in [-0.3, -0.25) is 0 Å². The van der Waals surface area contributed by atoms with Gasteiger partial charge in [0.25, 0.3) is 0 Å². The lowest BCUT2D eigenvalue weighted by molar-refractivity contribution is 0.317. The molecule has 0 radical (unpaired) electrons. The Hall–Kier alpha value is -2.25.